The Morgan fingerprint density at radius 2 is 1.33 bits per heavy atom. The minimum Gasteiger partial charge on any atom is -0.368 e. The molecule has 1 aliphatic rings. The van der Waals surface area contributed by atoms with Gasteiger partial charge in [0.25, 0.3) is 0 Å². The van der Waals surface area contributed by atoms with E-state index in [2.05, 4.69) is 64.5 Å². The van der Waals surface area contributed by atoms with Crippen LogP contribution < -0.4 is 0 Å². The molecule has 18 heavy (non-hydrogen) atoms. The van der Waals surface area contributed by atoms with Crippen molar-refractivity contribution in [2.45, 2.75) is 6.10 Å². The lowest BCUT2D eigenvalue weighted by molar-refractivity contribution is 0.416. The van der Waals surface area contributed by atoms with Crippen LogP contribution in [0.3, 0.4) is 0 Å². The van der Waals surface area contributed by atoms with Crippen LogP contribution in [0.4, 0.5) is 0 Å². The van der Waals surface area contributed by atoms with Crippen molar-refractivity contribution in [1.82, 2.24) is 0 Å². The van der Waals surface area contributed by atoms with Gasteiger partial charge in [0, 0.05) is 10.0 Å². The third kappa shape index (κ3) is 1.43. The first-order chi connectivity index (χ1) is 8.86. The van der Waals surface area contributed by atoms with Gasteiger partial charge in [-0.25, -0.2) is 0 Å². The van der Waals surface area contributed by atoms with Gasteiger partial charge in [0.1, 0.15) is 6.10 Å². The lowest BCUT2D eigenvalue weighted by atomic mass is 9.96. The standard InChI is InChI=1S/C16H11BrO/c17-16-13-8-4-2-6-11(13)10-5-1-3-7-12(10)15(16)14-9-18-14/h1-8,14H,9H2/t14-/m1/s1. The Hall–Kier alpha value is -1.38. The van der Waals surface area contributed by atoms with Gasteiger partial charge in [-0.05, 0) is 37.5 Å². The molecule has 1 saturated heterocycles. The van der Waals surface area contributed by atoms with E-state index in [1.165, 1.54) is 31.6 Å². The molecule has 3 aromatic carbocycles. The molecule has 1 fully saturated rings. The molecule has 4 rings (SSSR count). The van der Waals surface area contributed by atoms with Crippen molar-refractivity contribution in [3.05, 3.63) is 58.6 Å². The Kier molecular flexibility index (Phi) is 2.23. The Bertz CT molecular complexity index is 759. The van der Waals surface area contributed by atoms with E-state index in [-0.39, 0.29) is 6.10 Å². The summed E-state index contributed by atoms with van der Waals surface area (Å²) in [5.41, 5.74) is 1.30. The number of hydrogen-bond acceptors (Lipinski definition) is 1. The molecule has 0 amide bonds. The summed E-state index contributed by atoms with van der Waals surface area (Å²) in [5.74, 6) is 0. The van der Waals surface area contributed by atoms with Crippen molar-refractivity contribution >= 4 is 37.5 Å². The number of fused-ring (bicyclic) bond motifs is 3. The van der Waals surface area contributed by atoms with Crippen molar-refractivity contribution in [3.63, 3.8) is 0 Å². The summed E-state index contributed by atoms with van der Waals surface area (Å²) in [5, 5.41) is 5.17. The van der Waals surface area contributed by atoms with Crippen LogP contribution in [-0.4, -0.2) is 6.61 Å². The van der Waals surface area contributed by atoms with Gasteiger partial charge in [0.15, 0.2) is 0 Å². The molecule has 2 heteroatoms. The lowest BCUT2D eigenvalue weighted by Crippen LogP contribution is -1.89. The second-order valence-electron chi connectivity index (χ2n) is 4.64. The highest BCUT2D eigenvalue weighted by atomic mass is 79.9. The van der Waals surface area contributed by atoms with Gasteiger partial charge in [0.2, 0.25) is 0 Å². The molecule has 1 aliphatic heterocycles. The fourth-order valence-electron chi connectivity index (χ4n) is 2.66. The van der Waals surface area contributed by atoms with Gasteiger partial charge >= 0.3 is 0 Å². The molecule has 0 aliphatic carbocycles. The molecule has 1 heterocycles. The zero-order chi connectivity index (χ0) is 12.1. The lowest BCUT2D eigenvalue weighted by Gasteiger charge is -2.12. The summed E-state index contributed by atoms with van der Waals surface area (Å²) in [6, 6.07) is 17.1. The molecule has 0 unspecified atom stereocenters. The smallest absolute Gasteiger partial charge is 0.108 e. The maximum Gasteiger partial charge on any atom is 0.108 e. The van der Waals surface area contributed by atoms with E-state index in [0.717, 1.165) is 6.61 Å². The number of epoxide rings is 1. The molecule has 0 radical (unpaired) electrons. The quantitative estimate of drug-likeness (QED) is 0.463. The molecule has 1 nitrogen and oxygen atoms in total. The van der Waals surface area contributed by atoms with Gasteiger partial charge in [-0.2, -0.15) is 0 Å². The van der Waals surface area contributed by atoms with E-state index in [1.807, 2.05) is 0 Å². The Morgan fingerprint density at radius 1 is 0.833 bits per heavy atom. The summed E-state index contributed by atoms with van der Waals surface area (Å²) in [4.78, 5) is 0. The molecule has 1 atom stereocenters. The monoisotopic (exact) mass is 298 g/mol. The van der Waals surface area contributed by atoms with Crippen LogP contribution in [0, 0.1) is 0 Å². The largest absolute Gasteiger partial charge is 0.368 e. The predicted molar refractivity (Wildman–Crippen MR) is 77.8 cm³/mol. The number of ether oxygens (including phenoxy) is 1. The van der Waals surface area contributed by atoms with Crippen LogP contribution in [-0.2, 0) is 4.74 Å². The average molecular weight is 299 g/mol. The second kappa shape index (κ2) is 3.81. The first kappa shape index (κ1) is 10.5. The van der Waals surface area contributed by atoms with E-state index >= 15 is 0 Å². The van der Waals surface area contributed by atoms with Crippen LogP contribution in [0.1, 0.15) is 11.7 Å². The number of benzene rings is 3. The van der Waals surface area contributed by atoms with Gasteiger partial charge in [0.05, 0.1) is 6.61 Å². The molecule has 0 saturated carbocycles. The van der Waals surface area contributed by atoms with Crippen molar-refractivity contribution < 1.29 is 4.74 Å². The highest BCUT2D eigenvalue weighted by Crippen LogP contribution is 2.44. The second-order valence-corrected chi connectivity index (χ2v) is 5.43. The van der Waals surface area contributed by atoms with E-state index < -0.39 is 0 Å². The molecule has 88 valence electrons. The van der Waals surface area contributed by atoms with Crippen molar-refractivity contribution in [2.24, 2.45) is 0 Å². The van der Waals surface area contributed by atoms with Crippen molar-refractivity contribution in [2.75, 3.05) is 6.61 Å². The highest BCUT2D eigenvalue weighted by molar-refractivity contribution is 9.10. The summed E-state index contributed by atoms with van der Waals surface area (Å²) < 4.78 is 6.68. The molecule has 0 spiro atoms. The molecule has 3 aromatic rings. The van der Waals surface area contributed by atoms with E-state index in [0.29, 0.717) is 0 Å². The minimum absolute atomic E-state index is 0.258. The van der Waals surface area contributed by atoms with Gasteiger partial charge in [-0.1, -0.05) is 48.5 Å². The summed E-state index contributed by atoms with van der Waals surface area (Å²) >= 11 is 3.76. The topological polar surface area (TPSA) is 12.5 Å². The molecule has 0 aromatic heterocycles. The van der Waals surface area contributed by atoms with Crippen molar-refractivity contribution in [1.29, 1.82) is 0 Å². The van der Waals surface area contributed by atoms with Gasteiger partial charge in [-0.15, -0.1) is 0 Å². The fourth-order valence-corrected chi connectivity index (χ4v) is 3.47. The molecule has 0 bridgehead atoms. The highest BCUT2D eigenvalue weighted by Gasteiger charge is 2.29. The third-order valence-corrected chi connectivity index (χ3v) is 4.42. The number of halogens is 1. The first-order valence-electron chi connectivity index (χ1n) is 6.06. The van der Waals surface area contributed by atoms with Gasteiger partial charge < -0.3 is 4.74 Å². The zero-order valence-electron chi connectivity index (χ0n) is 9.69. The Labute approximate surface area is 113 Å². The third-order valence-electron chi connectivity index (χ3n) is 3.56. The van der Waals surface area contributed by atoms with Gasteiger partial charge in [-0.3, -0.25) is 0 Å². The summed E-state index contributed by atoms with van der Waals surface area (Å²) in [6.07, 6.45) is 0.258. The van der Waals surface area contributed by atoms with Crippen LogP contribution in [0.15, 0.2) is 53.0 Å². The molecule has 0 N–H and O–H groups in total. The summed E-state index contributed by atoms with van der Waals surface area (Å²) in [7, 11) is 0. The number of hydrogen-bond donors (Lipinski definition) is 0. The van der Waals surface area contributed by atoms with Crippen LogP contribution in [0.5, 0.6) is 0 Å². The Balaban J connectivity index is 2.27. The summed E-state index contributed by atoms with van der Waals surface area (Å²) in [6.45, 7) is 0.834. The molecular formula is C16H11BrO. The normalized spacial score (nSPS) is 18.4. The molecular weight excluding hydrogens is 288 g/mol. The minimum atomic E-state index is 0.258. The van der Waals surface area contributed by atoms with Crippen LogP contribution in [0.25, 0.3) is 21.5 Å². The van der Waals surface area contributed by atoms with E-state index in [4.69, 9.17) is 4.74 Å². The maximum absolute atomic E-state index is 5.50. The van der Waals surface area contributed by atoms with E-state index in [9.17, 15) is 0 Å². The van der Waals surface area contributed by atoms with Crippen LogP contribution >= 0.6 is 15.9 Å². The zero-order valence-corrected chi connectivity index (χ0v) is 11.3. The first-order valence-corrected chi connectivity index (χ1v) is 6.86. The SMILES string of the molecule is Brc1c([C@H]2CO2)c2ccccc2c2ccccc12. The predicted octanol–water partition coefficient (Wildman–Crippen LogP) is 4.83. The number of rotatable bonds is 1. The Morgan fingerprint density at radius 3 is 1.94 bits per heavy atom. The maximum atomic E-state index is 5.50. The van der Waals surface area contributed by atoms with Crippen molar-refractivity contribution in [3.8, 4) is 0 Å². The van der Waals surface area contributed by atoms with E-state index in [1.54, 1.807) is 0 Å². The average Bonchev–Trinajstić information content (AvgIpc) is 3.24. The van der Waals surface area contributed by atoms with Crippen LogP contribution in [0.2, 0.25) is 0 Å². The fraction of sp³-hybridized carbons (Fsp3) is 0.125.